The summed E-state index contributed by atoms with van der Waals surface area (Å²) >= 11 is 0. The standard InChI is InChI=1S/C27H30FN3O/c28-21-9-7-18(8-10-21)26(29)25-14-19-4-3-5-20-15-23(32)11-12-27(20,24(19)17-31-25)16-22-6-1-2-13-30-22/h1-2,6-10,13-14,17,20,23,31-32H,3-5,11-12,15-16,29H2/b26-25-/t20?,23?,27-/m0/s1. The van der Waals surface area contributed by atoms with E-state index in [1.54, 1.807) is 12.1 Å². The Morgan fingerprint density at radius 3 is 2.81 bits per heavy atom. The summed E-state index contributed by atoms with van der Waals surface area (Å²) in [7, 11) is 0. The molecular formula is C27H30FN3O. The third-order valence-electron chi connectivity index (χ3n) is 7.50. The second kappa shape index (κ2) is 8.55. The molecule has 2 heterocycles. The number of nitrogens with zero attached hydrogens (tertiary/aromatic N) is 1. The second-order valence-electron chi connectivity index (χ2n) is 9.38. The summed E-state index contributed by atoms with van der Waals surface area (Å²) in [6.45, 7) is 0. The fraction of sp³-hybridized carbons (Fsp3) is 0.370. The molecule has 3 aliphatic rings. The van der Waals surface area contributed by atoms with Crippen molar-refractivity contribution in [3.8, 4) is 0 Å². The Bertz CT molecular complexity index is 1070. The van der Waals surface area contributed by atoms with Crippen LogP contribution in [0.5, 0.6) is 0 Å². The molecule has 1 aliphatic heterocycles. The quantitative estimate of drug-likeness (QED) is 0.651. The van der Waals surface area contributed by atoms with Crippen LogP contribution in [0.4, 0.5) is 4.39 Å². The number of pyridine rings is 1. The van der Waals surface area contributed by atoms with Crippen molar-refractivity contribution in [2.75, 3.05) is 0 Å². The van der Waals surface area contributed by atoms with Crippen LogP contribution in [-0.4, -0.2) is 16.2 Å². The highest BCUT2D eigenvalue weighted by atomic mass is 19.1. The van der Waals surface area contributed by atoms with Crippen molar-refractivity contribution in [1.29, 1.82) is 0 Å². The maximum atomic E-state index is 13.3. The first-order chi connectivity index (χ1) is 15.5. The average molecular weight is 432 g/mol. The second-order valence-corrected chi connectivity index (χ2v) is 9.38. The predicted octanol–water partition coefficient (Wildman–Crippen LogP) is 4.84. The summed E-state index contributed by atoms with van der Waals surface area (Å²) in [6, 6.07) is 12.4. The molecule has 2 aliphatic carbocycles. The van der Waals surface area contributed by atoms with Gasteiger partial charge in [0.25, 0.3) is 0 Å². The summed E-state index contributed by atoms with van der Waals surface area (Å²) in [4.78, 5) is 4.65. The van der Waals surface area contributed by atoms with Gasteiger partial charge in [0.15, 0.2) is 0 Å². The lowest BCUT2D eigenvalue weighted by Gasteiger charge is -2.47. The summed E-state index contributed by atoms with van der Waals surface area (Å²) in [5.74, 6) is 0.154. The Hall–Kier alpha value is -2.92. The lowest BCUT2D eigenvalue weighted by molar-refractivity contribution is 0.0269. The van der Waals surface area contributed by atoms with E-state index in [1.807, 2.05) is 12.3 Å². The molecule has 0 radical (unpaired) electrons. The molecule has 4 nitrogen and oxygen atoms in total. The van der Waals surface area contributed by atoms with Crippen LogP contribution in [0.1, 0.15) is 49.8 Å². The van der Waals surface area contributed by atoms with Gasteiger partial charge in [0.1, 0.15) is 5.82 Å². The number of halogens is 1. The number of hydrogen-bond donors (Lipinski definition) is 3. The van der Waals surface area contributed by atoms with Crippen LogP contribution in [-0.2, 0) is 6.42 Å². The Balaban J connectivity index is 1.55. The molecule has 166 valence electrons. The highest BCUT2D eigenvalue weighted by molar-refractivity contribution is 5.69. The Labute approximate surface area is 188 Å². The molecule has 0 spiro atoms. The van der Waals surface area contributed by atoms with Gasteiger partial charge in [-0.25, -0.2) is 4.39 Å². The number of hydrogen-bond acceptors (Lipinski definition) is 4. The maximum absolute atomic E-state index is 13.3. The minimum Gasteiger partial charge on any atom is -0.397 e. The molecule has 32 heavy (non-hydrogen) atoms. The van der Waals surface area contributed by atoms with E-state index in [1.165, 1.54) is 23.3 Å². The Morgan fingerprint density at radius 2 is 2.03 bits per heavy atom. The molecule has 2 unspecified atom stereocenters. The first kappa shape index (κ1) is 21.0. The summed E-state index contributed by atoms with van der Waals surface area (Å²) in [6.07, 6.45) is 12.6. The summed E-state index contributed by atoms with van der Waals surface area (Å²) in [5, 5.41) is 13.9. The number of dihydropyridines is 1. The SMILES string of the molecule is N/C(=C1/C=C2CCCC3CC(O)CC[C@@]3(Cc3ccccn3)C2=CN1)c1ccc(F)cc1. The number of nitrogens with one attached hydrogen (secondary N) is 1. The van der Waals surface area contributed by atoms with Gasteiger partial charge in [0.05, 0.1) is 17.5 Å². The molecule has 1 aromatic heterocycles. The van der Waals surface area contributed by atoms with Gasteiger partial charge in [-0.05, 0) is 110 Å². The zero-order valence-electron chi connectivity index (χ0n) is 18.2. The summed E-state index contributed by atoms with van der Waals surface area (Å²) < 4.78 is 13.3. The van der Waals surface area contributed by atoms with Crippen molar-refractivity contribution in [1.82, 2.24) is 10.3 Å². The molecule has 3 atom stereocenters. The van der Waals surface area contributed by atoms with Gasteiger partial charge in [-0.1, -0.05) is 6.07 Å². The highest BCUT2D eigenvalue weighted by Crippen LogP contribution is 2.55. The van der Waals surface area contributed by atoms with Crippen LogP contribution in [0.25, 0.3) is 5.70 Å². The molecule has 2 aromatic rings. The zero-order valence-corrected chi connectivity index (χ0v) is 18.2. The number of nitrogens with two attached hydrogens (primary N) is 1. The van der Waals surface area contributed by atoms with E-state index >= 15 is 0 Å². The average Bonchev–Trinajstić information content (AvgIpc) is 2.96. The van der Waals surface area contributed by atoms with Gasteiger partial charge in [0, 0.05) is 23.5 Å². The van der Waals surface area contributed by atoms with E-state index in [9.17, 15) is 9.50 Å². The minimum absolute atomic E-state index is 0.0426. The molecule has 5 rings (SSSR count). The number of rotatable bonds is 3. The fourth-order valence-corrected chi connectivity index (χ4v) is 5.89. The van der Waals surface area contributed by atoms with Gasteiger partial charge in [0.2, 0.25) is 0 Å². The number of allylic oxidation sites excluding steroid dienone is 3. The van der Waals surface area contributed by atoms with E-state index in [4.69, 9.17) is 5.73 Å². The first-order valence-corrected chi connectivity index (χ1v) is 11.6. The van der Waals surface area contributed by atoms with Gasteiger partial charge in [-0.15, -0.1) is 0 Å². The number of benzene rings is 1. The first-order valence-electron chi connectivity index (χ1n) is 11.6. The third-order valence-corrected chi connectivity index (χ3v) is 7.50. The molecule has 5 heteroatoms. The van der Waals surface area contributed by atoms with Crippen molar-refractivity contribution in [2.24, 2.45) is 17.1 Å². The van der Waals surface area contributed by atoms with Gasteiger partial charge in [-0.2, -0.15) is 0 Å². The summed E-state index contributed by atoms with van der Waals surface area (Å²) in [5.41, 5.74) is 12.5. The van der Waals surface area contributed by atoms with Crippen molar-refractivity contribution in [2.45, 2.75) is 51.0 Å². The minimum atomic E-state index is -0.269. The lowest BCUT2D eigenvalue weighted by atomic mass is 9.58. The molecule has 2 fully saturated rings. The lowest BCUT2D eigenvalue weighted by Crippen LogP contribution is -2.42. The zero-order chi connectivity index (χ0) is 22.1. The van der Waals surface area contributed by atoms with E-state index < -0.39 is 0 Å². The van der Waals surface area contributed by atoms with Crippen molar-refractivity contribution in [3.05, 3.63) is 94.9 Å². The van der Waals surface area contributed by atoms with Crippen LogP contribution in [0, 0.1) is 17.2 Å². The van der Waals surface area contributed by atoms with E-state index in [0.717, 1.165) is 61.9 Å². The maximum Gasteiger partial charge on any atom is 0.123 e. The van der Waals surface area contributed by atoms with E-state index in [2.05, 4.69) is 34.7 Å². The molecule has 0 amide bonds. The molecule has 4 N–H and O–H groups in total. The molecular weight excluding hydrogens is 401 g/mol. The molecule has 2 saturated carbocycles. The van der Waals surface area contributed by atoms with Crippen LogP contribution in [0.3, 0.4) is 0 Å². The number of aliphatic hydroxyl groups is 1. The Kier molecular flexibility index (Phi) is 5.60. The van der Waals surface area contributed by atoms with E-state index in [-0.39, 0.29) is 17.3 Å². The smallest absolute Gasteiger partial charge is 0.123 e. The predicted molar refractivity (Wildman–Crippen MR) is 124 cm³/mol. The van der Waals surface area contributed by atoms with E-state index in [0.29, 0.717) is 11.6 Å². The largest absolute Gasteiger partial charge is 0.397 e. The van der Waals surface area contributed by atoms with Crippen molar-refractivity contribution >= 4 is 5.70 Å². The van der Waals surface area contributed by atoms with Crippen LogP contribution in [0.2, 0.25) is 0 Å². The van der Waals surface area contributed by atoms with Gasteiger partial charge < -0.3 is 16.2 Å². The topological polar surface area (TPSA) is 71.2 Å². The van der Waals surface area contributed by atoms with Crippen molar-refractivity contribution < 1.29 is 9.50 Å². The Morgan fingerprint density at radius 1 is 1.19 bits per heavy atom. The third kappa shape index (κ3) is 3.86. The normalized spacial score (nSPS) is 28.9. The van der Waals surface area contributed by atoms with Crippen LogP contribution in [0.15, 0.2) is 77.8 Å². The highest BCUT2D eigenvalue weighted by Gasteiger charge is 2.48. The number of aromatic nitrogens is 1. The molecule has 0 bridgehead atoms. The molecule has 1 aromatic carbocycles. The number of fused-ring (bicyclic) bond motifs is 3. The van der Waals surface area contributed by atoms with Crippen LogP contribution < -0.4 is 11.1 Å². The molecule has 0 saturated heterocycles. The van der Waals surface area contributed by atoms with Gasteiger partial charge >= 0.3 is 0 Å². The monoisotopic (exact) mass is 431 g/mol. The van der Waals surface area contributed by atoms with Crippen LogP contribution >= 0.6 is 0 Å². The van der Waals surface area contributed by atoms with Crippen molar-refractivity contribution in [3.63, 3.8) is 0 Å². The fourth-order valence-electron chi connectivity index (χ4n) is 5.89. The van der Waals surface area contributed by atoms with Gasteiger partial charge in [-0.3, -0.25) is 4.98 Å². The number of aliphatic hydroxyl groups excluding tert-OH is 1.